The van der Waals surface area contributed by atoms with Crippen molar-refractivity contribution < 1.29 is 9.53 Å². The zero-order chi connectivity index (χ0) is 13.1. The van der Waals surface area contributed by atoms with Crippen LogP contribution in [0.2, 0.25) is 5.15 Å². The van der Waals surface area contributed by atoms with Crippen molar-refractivity contribution in [2.75, 3.05) is 12.4 Å². The molecule has 0 saturated heterocycles. The Morgan fingerprint density at radius 2 is 2.39 bits per heavy atom. The van der Waals surface area contributed by atoms with Crippen LogP contribution in [0.3, 0.4) is 0 Å². The van der Waals surface area contributed by atoms with Gasteiger partial charge in [-0.25, -0.2) is 9.78 Å². The van der Waals surface area contributed by atoms with Gasteiger partial charge in [-0.05, 0) is 25.7 Å². The van der Waals surface area contributed by atoms with E-state index in [9.17, 15) is 4.79 Å². The maximum Gasteiger partial charge on any atom is 0.351 e. The normalized spacial score (nSPS) is 16.4. The van der Waals surface area contributed by atoms with E-state index in [1.54, 1.807) is 0 Å². The van der Waals surface area contributed by atoms with Gasteiger partial charge in [-0.15, -0.1) is 0 Å². The van der Waals surface area contributed by atoms with Crippen molar-refractivity contribution in [3.63, 3.8) is 0 Å². The third-order valence-electron chi connectivity index (χ3n) is 3.03. The minimum Gasteiger partial charge on any atom is -0.465 e. The van der Waals surface area contributed by atoms with Crippen molar-refractivity contribution in [2.45, 2.75) is 38.6 Å². The number of ether oxygens (including phenoxy) is 1. The molecule has 100 valence electrons. The lowest BCUT2D eigenvalue weighted by molar-refractivity contribution is 0.0606. The van der Waals surface area contributed by atoms with Gasteiger partial charge in [0.2, 0.25) is 0 Å². The second-order valence-electron chi connectivity index (χ2n) is 4.70. The quantitative estimate of drug-likeness (QED) is 0.813. The number of aromatic nitrogens is 1. The largest absolute Gasteiger partial charge is 0.465 e. The van der Waals surface area contributed by atoms with Crippen LogP contribution in [0.5, 0.6) is 0 Å². The number of hydrogen-bond donors (Lipinski definition) is 1. The summed E-state index contributed by atoms with van der Waals surface area (Å²) < 4.78 is 4.64. The lowest BCUT2D eigenvalue weighted by atomic mass is 10.1. The molecule has 6 heteroatoms. The molecule has 0 aromatic carbocycles. The summed E-state index contributed by atoms with van der Waals surface area (Å²) in [4.78, 5) is 15.9. The van der Waals surface area contributed by atoms with Gasteiger partial charge in [0.25, 0.3) is 0 Å². The van der Waals surface area contributed by atoms with Crippen LogP contribution in [0, 0.1) is 5.92 Å². The number of halogens is 1. The molecule has 1 atom stereocenters. The fourth-order valence-electron chi connectivity index (χ4n) is 1.76. The van der Waals surface area contributed by atoms with Crippen molar-refractivity contribution in [1.82, 2.24) is 4.98 Å². The molecule has 1 aliphatic carbocycles. The molecule has 1 heterocycles. The summed E-state index contributed by atoms with van der Waals surface area (Å²) in [5, 5.41) is 4.18. The number of anilines is 1. The van der Waals surface area contributed by atoms with Gasteiger partial charge < -0.3 is 10.1 Å². The molecule has 1 aromatic heterocycles. The van der Waals surface area contributed by atoms with E-state index in [0.717, 1.165) is 12.3 Å². The number of esters is 1. The zero-order valence-corrected chi connectivity index (χ0v) is 12.1. The molecular formula is C12H17ClN2O2S. The van der Waals surface area contributed by atoms with Gasteiger partial charge in [-0.1, -0.05) is 35.8 Å². The van der Waals surface area contributed by atoms with Gasteiger partial charge in [-0.3, -0.25) is 0 Å². The molecule has 2 rings (SSSR count). The Labute approximate surface area is 116 Å². The highest BCUT2D eigenvalue weighted by Gasteiger charge is 2.22. The van der Waals surface area contributed by atoms with Crippen molar-refractivity contribution in [3.05, 3.63) is 10.0 Å². The van der Waals surface area contributed by atoms with Crippen molar-refractivity contribution in [3.8, 4) is 0 Å². The van der Waals surface area contributed by atoms with E-state index in [2.05, 4.69) is 22.0 Å². The molecular weight excluding hydrogens is 272 g/mol. The Balaban J connectivity index is 1.89. The molecule has 0 amide bonds. The smallest absolute Gasteiger partial charge is 0.351 e. The number of methoxy groups -OCH3 is 1. The number of nitrogens with one attached hydrogen (secondary N) is 1. The molecule has 0 aliphatic heterocycles. The summed E-state index contributed by atoms with van der Waals surface area (Å²) in [7, 11) is 1.34. The standard InChI is InChI=1S/C12H17ClN2O2S/c1-7(3-4-8-5-6-8)14-12-15-10(13)9(18-12)11(16)17-2/h7-8H,3-6H2,1-2H3,(H,14,15). The highest BCUT2D eigenvalue weighted by molar-refractivity contribution is 7.18. The predicted octanol–water partition coefficient (Wildman–Crippen LogP) is 3.57. The highest BCUT2D eigenvalue weighted by atomic mass is 35.5. The average molecular weight is 289 g/mol. The number of carbonyl (C=O) groups excluding carboxylic acids is 1. The predicted molar refractivity (Wildman–Crippen MR) is 73.5 cm³/mol. The summed E-state index contributed by atoms with van der Waals surface area (Å²) in [5.41, 5.74) is 0. The maximum atomic E-state index is 11.4. The number of rotatable bonds is 6. The Hall–Kier alpha value is -0.810. The molecule has 1 N–H and O–H groups in total. The second-order valence-corrected chi connectivity index (χ2v) is 6.05. The van der Waals surface area contributed by atoms with Gasteiger partial charge in [0, 0.05) is 6.04 Å². The van der Waals surface area contributed by atoms with Gasteiger partial charge in [0.1, 0.15) is 0 Å². The van der Waals surface area contributed by atoms with Crippen LogP contribution in [-0.4, -0.2) is 24.1 Å². The molecule has 4 nitrogen and oxygen atoms in total. The van der Waals surface area contributed by atoms with Gasteiger partial charge in [-0.2, -0.15) is 0 Å². The van der Waals surface area contributed by atoms with Crippen LogP contribution in [-0.2, 0) is 4.74 Å². The molecule has 1 saturated carbocycles. The van der Waals surface area contributed by atoms with Crippen molar-refractivity contribution in [2.24, 2.45) is 5.92 Å². The monoisotopic (exact) mass is 288 g/mol. The minimum atomic E-state index is -0.434. The van der Waals surface area contributed by atoms with Gasteiger partial charge in [0.05, 0.1) is 7.11 Å². The summed E-state index contributed by atoms with van der Waals surface area (Å²) in [6.07, 6.45) is 5.14. The van der Waals surface area contributed by atoms with Crippen LogP contribution in [0.25, 0.3) is 0 Å². The van der Waals surface area contributed by atoms with Gasteiger partial charge >= 0.3 is 5.97 Å². The van der Waals surface area contributed by atoms with E-state index in [1.807, 2.05) is 0 Å². The molecule has 1 fully saturated rings. The fraction of sp³-hybridized carbons (Fsp3) is 0.667. The van der Waals surface area contributed by atoms with E-state index in [0.29, 0.717) is 16.1 Å². The number of thiazole rings is 1. The topological polar surface area (TPSA) is 51.2 Å². The van der Waals surface area contributed by atoms with Crippen LogP contribution >= 0.6 is 22.9 Å². The van der Waals surface area contributed by atoms with Crippen LogP contribution in [0.15, 0.2) is 0 Å². The lowest BCUT2D eigenvalue weighted by Gasteiger charge is -2.11. The zero-order valence-electron chi connectivity index (χ0n) is 10.5. The molecule has 0 radical (unpaired) electrons. The van der Waals surface area contributed by atoms with Crippen LogP contribution < -0.4 is 5.32 Å². The first-order valence-corrected chi connectivity index (χ1v) is 7.30. The summed E-state index contributed by atoms with van der Waals surface area (Å²) in [6, 6.07) is 0.346. The summed E-state index contributed by atoms with van der Waals surface area (Å²) in [6.45, 7) is 2.12. The number of nitrogens with zero attached hydrogens (tertiary/aromatic N) is 1. The molecule has 1 aromatic rings. The summed E-state index contributed by atoms with van der Waals surface area (Å²) >= 11 is 7.14. The Kier molecular flexibility index (Phi) is 4.45. The Morgan fingerprint density at radius 1 is 1.67 bits per heavy atom. The first-order valence-electron chi connectivity index (χ1n) is 6.11. The van der Waals surface area contributed by atoms with E-state index in [-0.39, 0.29) is 5.15 Å². The molecule has 0 bridgehead atoms. The van der Waals surface area contributed by atoms with E-state index >= 15 is 0 Å². The van der Waals surface area contributed by atoms with E-state index in [1.165, 1.54) is 37.7 Å². The molecule has 1 unspecified atom stereocenters. The molecule has 1 aliphatic rings. The fourth-order valence-corrected chi connectivity index (χ4v) is 2.97. The van der Waals surface area contributed by atoms with Crippen molar-refractivity contribution in [1.29, 1.82) is 0 Å². The molecule has 0 spiro atoms. The first-order chi connectivity index (χ1) is 8.60. The SMILES string of the molecule is COC(=O)c1sc(NC(C)CCC2CC2)nc1Cl. The van der Waals surface area contributed by atoms with Crippen LogP contribution in [0.4, 0.5) is 5.13 Å². The van der Waals surface area contributed by atoms with E-state index < -0.39 is 5.97 Å². The van der Waals surface area contributed by atoms with Crippen LogP contribution in [0.1, 0.15) is 42.3 Å². The Bertz CT molecular complexity index is 432. The lowest BCUT2D eigenvalue weighted by Crippen LogP contribution is -2.14. The number of carbonyl (C=O) groups is 1. The third-order valence-corrected chi connectivity index (χ3v) is 4.38. The summed E-state index contributed by atoms with van der Waals surface area (Å²) in [5.74, 6) is 0.496. The van der Waals surface area contributed by atoms with Gasteiger partial charge in [0.15, 0.2) is 15.2 Å². The minimum absolute atomic E-state index is 0.212. The first kappa shape index (κ1) is 13.6. The number of hydrogen-bond acceptors (Lipinski definition) is 5. The highest BCUT2D eigenvalue weighted by Crippen LogP contribution is 2.34. The maximum absolute atomic E-state index is 11.4. The van der Waals surface area contributed by atoms with E-state index in [4.69, 9.17) is 11.6 Å². The third kappa shape index (κ3) is 3.59. The average Bonchev–Trinajstić information content (AvgIpc) is 3.10. The van der Waals surface area contributed by atoms with Crippen molar-refractivity contribution >= 4 is 34.0 Å². The Morgan fingerprint density at radius 3 is 3.00 bits per heavy atom. The second kappa shape index (κ2) is 5.89. The molecule has 18 heavy (non-hydrogen) atoms.